The normalized spacial score (nSPS) is 35.4. The van der Waals surface area contributed by atoms with E-state index in [4.69, 9.17) is 10.5 Å². The molecule has 3 N–H and O–H groups in total. The molecule has 4 fully saturated rings. The largest absolute Gasteiger partial charge is 0.373 e. The Bertz CT molecular complexity index is 568. The number of nitrogens with zero attached hydrogens (tertiary/aromatic N) is 1. The van der Waals surface area contributed by atoms with Crippen molar-refractivity contribution in [3.8, 4) is 0 Å². The first-order chi connectivity index (χ1) is 11.4. The van der Waals surface area contributed by atoms with Crippen molar-refractivity contribution in [2.24, 2.45) is 23.5 Å². The lowest BCUT2D eigenvalue weighted by atomic mass is 9.81. The molecule has 0 aromatic carbocycles. The second-order valence-electron chi connectivity index (χ2n) is 7.86. The average molecular weight is 372 g/mol. The highest BCUT2D eigenvalue weighted by Crippen LogP contribution is 2.48. The molecule has 0 radical (unpaired) electrons. The van der Waals surface area contributed by atoms with Gasteiger partial charge in [-0.25, -0.2) is 0 Å². The minimum Gasteiger partial charge on any atom is -0.373 e. The molecule has 25 heavy (non-hydrogen) atoms. The number of nitrogens with two attached hydrogens (primary N) is 1. The SMILES string of the molecule is CC(CN)(NC(=O)CCN1C(=O)C2C3CCC(O3)C2C1=O)C1CC1.Cl. The van der Waals surface area contributed by atoms with Crippen molar-refractivity contribution in [3.63, 3.8) is 0 Å². The van der Waals surface area contributed by atoms with E-state index in [1.807, 2.05) is 6.92 Å². The zero-order valence-corrected chi connectivity index (χ0v) is 15.2. The quantitative estimate of drug-likeness (QED) is 0.650. The number of halogens is 1. The van der Waals surface area contributed by atoms with Gasteiger partial charge in [0, 0.05) is 19.5 Å². The van der Waals surface area contributed by atoms with E-state index in [1.165, 1.54) is 4.90 Å². The van der Waals surface area contributed by atoms with Gasteiger partial charge in [-0.1, -0.05) is 0 Å². The molecule has 0 aromatic heterocycles. The molecule has 1 saturated carbocycles. The van der Waals surface area contributed by atoms with Crippen LogP contribution in [0.3, 0.4) is 0 Å². The van der Waals surface area contributed by atoms with E-state index in [1.54, 1.807) is 0 Å². The monoisotopic (exact) mass is 371 g/mol. The maximum atomic E-state index is 12.5. The summed E-state index contributed by atoms with van der Waals surface area (Å²) in [6, 6.07) is 0. The van der Waals surface area contributed by atoms with Crippen molar-refractivity contribution in [1.82, 2.24) is 10.2 Å². The molecular weight excluding hydrogens is 346 g/mol. The first-order valence-corrected chi connectivity index (χ1v) is 8.96. The first kappa shape index (κ1) is 18.6. The number of ether oxygens (including phenoxy) is 1. The molecule has 3 saturated heterocycles. The predicted molar refractivity (Wildman–Crippen MR) is 91.8 cm³/mol. The van der Waals surface area contributed by atoms with Crippen LogP contribution in [0.15, 0.2) is 0 Å². The Labute approximate surface area is 153 Å². The molecule has 3 heterocycles. The van der Waals surface area contributed by atoms with Crippen LogP contribution in [0.4, 0.5) is 0 Å². The molecule has 2 bridgehead atoms. The Morgan fingerprint density at radius 2 is 1.76 bits per heavy atom. The van der Waals surface area contributed by atoms with Gasteiger partial charge in [0.15, 0.2) is 0 Å². The average Bonchev–Trinajstić information content (AvgIpc) is 3.16. The van der Waals surface area contributed by atoms with Crippen molar-refractivity contribution < 1.29 is 19.1 Å². The predicted octanol–water partition coefficient (Wildman–Crippen LogP) is 0.204. The van der Waals surface area contributed by atoms with Crippen LogP contribution in [0, 0.1) is 17.8 Å². The van der Waals surface area contributed by atoms with E-state index in [9.17, 15) is 14.4 Å². The minimum atomic E-state index is -0.375. The van der Waals surface area contributed by atoms with E-state index < -0.39 is 0 Å². The van der Waals surface area contributed by atoms with Crippen LogP contribution in [0.2, 0.25) is 0 Å². The summed E-state index contributed by atoms with van der Waals surface area (Å²) in [7, 11) is 0. The van der Waals surface area contributed by atoms with Gasteiger partial charge in [0.25, 0.3) is 0 Å². The Balaban J connectivity index is 0.00000182. The summed E-state index contributed by atoms with van der Waals surface area (Å²) in [4.78, 5) is 38.6. The number of rotatable bonds is 6. The number of nitrogens with one attached hydrogen (secondary N) is 1. The third-order valence-electron chi connectivity index (χ3n) is 6.27. The summed E-state index contributed by atoms with van der Waals surface area (Å²) in [6.07, 6.45) is 3.81. The first-order valence-electron chi connectivity index (χ1n) is 8.96. The van der Waals surface area contributed by atoms with Crippen molar-refractivity contribution in [3.05, 3.63) is 0 Å². The maximum absolute atomic E-state index is 12.5. The van der Waals surface area contributed by atoms with E-state index in [0.717, 1.165) is 25.7 Å². The number of carbonyl (C=O) groups excluding carboxylic acids is 3. The summed E-state index contributed by atoms with van der Waals surface area (Å²) in [5.41, 5.74) is 5.44. The van der Waals surface area contributed by atoms with E-state index in [2.05, 4.69) is 5.32 Å². The summed E-state index contributed by atoms with van der Waals surface area (Å²) in [5, 5.41) is 3.00. The number of hydrogen-bond acceptors (Lipinski definition) is 5. The van der Waals surface area contributed by atoms with E-state index in [0.29, 0.717) is 12.5 Å². The fourth-order valence-electron chi connectivity index (χ4n) is 4.63. The highest BCUT2D eigenvalue weighted by atomic mass is 35.5. The Kier molecular flexibility index (Phi) is 4.85. The van der Waals surface area contributed by atoms with Gasteiger partial charge in [0.1, 0.15) is 0 Å². The van der Waals surface area contributed by atoms with E-state index >= 15 is 0 Å². The van der Waals surface area contributed by atoms with Crippen LogP contribution in [0.5, 0.6) is 0 Å². The number of imide groups is 1. The van der Waals surface area contributed by atoms with Crippen LogP contribution in [0.1, 0.15) is 39.0 Å². The minimum absolute atomic E-state index is 0. The summed E-state index contributed by atoms with van der Waals surface area (Å²) in [5.74, 6) is -0.664. The van der Waals surface area contributed by atoms with Crippen molar-refractivity contribution in [2.45, 2.75) is 56.8 Å². The lowest BCUT2D eigenvalue weighted by Crippen LogP contribution is -2.53. The van der Waals surface area contributed by atoms with Gasteiger partial charge in [-0.15, -0.1) is 12.4 Å². The van der Waals surface area contributed by atoms with Crippen LogP contribution in [0.25, 0.3) is 0 Å². The van der Waals surface area contributed by atoms with Gasteiger partial charge in [-0.3, -0.25) is 19.3 Å². The molecule has 0 aromatic rings. The highest BCUT2D eigenvalue weighted by molar-refractivity contribution is 6.06. The Morgan fingerprint density at radius 3 is 2.24 bits per heavy atom. The van der Waals surface area contributed by atoms with Crippen molar-refractivity contribution >= 4 is 30.1 Å². The summed E-state index contributed by atoms with van der Waals surface area (Å²) in [6.45, 7) is 2.52. The summed E-state index contributed by atoms with van der Waals surface area (Å²) >= 11 is 0. The molecule has 5 atom stereocenters. The van der Waals surface area contributed by atoms with Gasteiger partial charge in [0.05, 0.1) is 29.6 Å². The van der Waals surface area contributed by atoms with Gasteiger partial charge in [-0.05, 0) is 38.5 Å². The summed E-state index contributed by atoms with van der Waals surface area (Å²) < 4.78 is 5.71. The zero-order chi connectivity index (χ0) is 17.1. The molecule has 1 aliphatic carbocycles. The topological polar surface area (TPSA) is 102 Å². The number of carbonyl (C=O) groups is 3. The Hall–Kier alpha value is -1.18. The van der Waals surface area contributed by atoms with Crippen LogP contribution >= 0.6 is 12.4 Å². The van der Waals surface area contributed by atoms with Crippen LogP contribution in [-0.4, -0.2) is 53.5 Å². The molecule has 4 aliphatic rings. The third kappa shape index (κ3) is 2.96. The zero-order valence-electron chi connectivity index (χ0n) is 14.4. The van der Waals surface area contributed by atoms with Crippen molar-refractivity contribution in [2.75, 3.05) is 13.1 Å². The molecule has 3 amide bonds. The molecule has 7 nitrogen and oxygen atoms in total. The Morgan fingerprint density at radius 1 is 1.20 bits per heavy atom. The smallest absolute Gasteiger partial charge is 0.235 e. The molecule has 0 spiro atoms. The van der Waals surface area contributed by atoms with Crippen LogP contribution < -0.4 is 11.1 Å². The number of amides is 3. The van der Waals surface area contributed by atoms with E-state index in [-0.39, 0.29) is 72.7 Å². The molecular formula is C17H26ClN3O4. The number of likely N-dealkylation sites (tertiary alicyclic amines) is 1. The fraction of sp³-hybridized carbons (Fsp3) is 0.824. The highest BCUT2D eigenvalue weighted by Gasteiger charge is 2.62. The molecule has 8 heteroatoms. The second kappa shape index (κ2) is 6.52. The van der Waals surface area contributed by atoms with Gasteiger partial charge >= 0.3 is 0 Å². The van der Waals surface area contributed by atoms with Gasteiger partial charge in [0.2, 0.25) is 17.7 Å². The van der Waals surface area contributed by atoms with Gasteiger partial charge in [-0.2, -0.15) is 0 Å². The van der Waals surface area contributed by atoms with Crippen molar-refractivity contribution in [1.29, 1.82) is 0 Å². The fourth-order valence-corrected chi connectivity index (χ4v) is 4.63. The maximum Gasteiger partial charge on any atom is 0.235 e. The number of hydrogen-bond donors (Lipinski definition) is 2. The molecule has 4 rings (SSSR count). The molecule has 5 unspecified atom stereocenters. The lowest BCUT2D eigenvalue weighted by Gasteiger charge is -2.30. The lowest BCUT2D eigenvalue weighted by molar-refractivity contribution is -0.142. The molecule has 140 valence electrons. The second-order valence-corrected chi connectivity index (χ2v) is 7.86. The van der Waals surface area contributed by atoms with Gasteiger partial charge < -0.3 is 15.8 Å². The standard InChI is InChI=1S/C17H25N3O4.ClH/c1-17(8-18,9-2-3-9)19-12(21)6-7-20-15(22)13-10-4-5-11(24-10)14(13)16(20)23;/h9-11,13-14H,2-8,18H2,1H3,(H,19,21);1H. The molecule has 3 aliphatic heterocycles. The van der Waals surface area contributed by atoms with Crippen LogP contribution in [-0.2, 0) is 19.1 Å². The third-order valence-corrected chi connectivity index (χ3v) is 6.27. The number of fused-ring (bicyclic) bond motifs is 5.